The minimum atomic E-state index is 1.19. The molecule has 0 aliphatic carbocycles. The summed E-state index contributed by atoms with van der Waals surface area (Å²) in [7, 11) is 0. The number of hydrogen-bond acceptors (Lipinski definition) is 1. The first-order valence-electron chi connectivity index (χ1n) is 8.57. The predicted octanol–water partition coefficient (Wildman–Crippen LogP) is 5.16. The Hall–Kier alpha value is -1.36. The molecular formula is C19H32N2. The monoisotopic (exact) mass is 288 g/mol. The molecule has 0 saturated heterocycles. The maximum absolute atomic E-state index is 6.25. The first kappa shape index (κ1) is 19.6. The molecule has 0 aromatic carbocycles. The van der Waals surface area contributed by atoms with Crippen molar-refractivity contribution in [3.8, 4) is 0 Å². The number of aryl methyl sites for hydroxylation is 2. The first-order chi connectivity index (χ1) is 10.4. The summed E-state index contributed by atoms with van der Waals surface area (Å²) in [5.74, 6) is 0. The molecule has 118 valence electrons. The van der Waals surface area contributed by atoms with Crippen molar-refractivity contribution < 1.29 is 4.57 Å². The Kier molecular flexibility index (Phi) is 14.1. The zero-order valence-electron chi connectivity index (χ0n) is 14.0. The van der Waals surface area contributed by atoms with E-state index in [1.165, 1.54) is 76.3 Å². The van der Waals surface area contributed by atoms with Crippen LogP contribution in [0.2, 0.25) is 0 Å². The normalized spacial score (nSPS) is 9.90. The molecule has 0 amide bonds. The quantitative estimate of drug-likeness (QED) is 0.314. The highest BCUT2D eigenvalue weighted by Crippen LogP contribution is 2.08. The highest BCUT2D eigenvalue weighted by Gasteiger charge is 2.02. The minimum Gasteiger partial charge on any atom is -0.512 e. The van der Waals surface area contributed by atoms with Crippen LogP contribution in [-0.4, -0.2) is 0 Å². The van der Waals surface area contributed by atoms with Crippen molar-refractivity contribution in [2.75, 3.05) is 0 Å². The molecule has 0 fully saturated rings. The second-order valence-electron chi connectivity index (χ2n) is 5.67. The van der Waals surface area contributed by atoms with Gasteiger partial charge >= 0.3 is 0 Å². The van der Waals surface area contributed by atoms with E-state index in [4.69, 9.17) is 11.8 Å². The highest BCUT2D eigenvalue weighted by atomic mass is 14.9. The summed E-state index contributed by atoms with van der Waals surface area (Å²) in [5.41, 5.74) is 1.48. The number of pyridine rings is 1. The zero-order valence-corrected chi connectivity index (χ0v) is 14.0. The maximum Gasteiger partial charge on any atom is 0.171 e. The molecule has 1 rings (SSSR count). The van der Waals surface area contributed by atoms with Crippen LogP contribution in [0.25, 0.3) is 0 Å². The van der Waals surface area contributed by atoms with Crippen molar-refractivity contribution in [3.63, 3.8) is 0 Å². The van der Waals surface area contributed by atoms with Crippen molar-refractivity contribution in [1.82, 2.24) is 0 Å². The van der Waals surface area contributed by atoms with Gasteiger partial charge in [-0.1, -0.05) is 58.8 Å². The molecule has 0 radical (unpaired) electrons. The molecule has 0 atom stereocenters. The largest absolute Gasteiger partial charge is 0.512 e. The van der Waals surface area contributed by atoms with Crippen molar-refractivity contribution in [3.05, 3.63) is 36.7 Å². The molecule has 2 nitrogen and oxygen atoms in total. The van der Waals surface area contributed by atoms with Gasteiger partial charge in [0.1, 0.15) is 6.54 Å². The minimum absolute atomic E-state index is 1.19. The van der Waals surface area contributed by atoms with Crippen LogP contribution in [0.1, 0.15) is 77.2 Å². The molecule has 1 aromatic rings. The zero-order chi connectivity index (χ0) is 15.8. The highest BCUT2D eigenvalue weighted by molar-refractivity contribution is 5.04. The van der Waals surface area contributed by atoms with E-state index in [2.05, 4.69) is 42.9 Å². The molecule has 21 heavy (non-hydrogen) atoms. The average molecular weight is 288 g/mol. The third-order valence-electron chi connectivity index (χ3n) is 3.73. The van der Waals surface area contributed by atoms with E-state index in [0.717, 1.165) is 0 Å². The van der Waals surface area contributed by atoms with Crippen LogP contribution in [0.5, 0.6) is 0 Å². The van der Waals surface area contributed by atoms with Crippen molar-refractivity contribution >= 4 is 0 Å². The Morgan fingerprint density at radius 3 is 2.14 bits per heavy atom. The number of unbranched alkanes of at least 4 members (excludes halogenated alkanes) is 7. The fraction of sp³-hybridized carbons (Fsp3) is 0.684. The van der Waals surface area contributed by atoms with Crippen molar-refractivity contribution in [2.45, 2.75) is 84.6 Å². The van der Waals surface area contributed by atoms with Crippen molar-refractivity contribution in [2.24, 2.45) is 0 Å². The average Bonchev–Trinajstić information content (AvgIpc) is 2.53. The summed E-state index contributed by atoms with van der Waals surface area (Å²) in [6, 6.07) is 4.43. The molecule has 2 heteroatoms. The van der Waals surface area contributed by atoms with E-state index in [1.54, 1.807) is 0 Å². The molecule has 0 spiro atoms. The van der Waals surface area contributed by atoms with Gasteiger partial charge in [-0.25, -0.2) is 4.57 Å². The van der Waals surface area contributed by atoms with E-state index in [-0.39, 0.29) is 0 Å². The van der Waals surface area contributed by atoms with Gasteiger partial charge in [0.05, 0.1) is 0 Å². The van der Waals surface area contributed by atoms with Gasteiger partial charge in [-0.15, -0.1) is 0 Å². The number of aromatic nitrogens is 1. The van der Waals surface area contributed by atoms with Gasteiger partial charge in [0.2, 0.25) is 0 Å². The summed E-state index contributed by atoms with van der Waals surface area (Å²) >= 11 is 0. The molecule has 0 aliphatic rings. The number of rotatable bonds is 11. The van der Waals surface area contributed by atoms with Gasteiger partial charge in [-0.05, 0) is 18.9 Å². The van der Waals surface area contributed by atoms with Crippen LogP contribution >= 0.6 is 0 Å². The van der Waals surface area contributed by atoms with E-state index >= 15 is 0 Å². The lowest BCUT2D eigenvalue weighted by atomic mass is 10.1. The summed E-state index contributed by atoms with van der Waals surface area (Å²) in [5, 5.41) is 6.25. The van der Waals surface area contributed by atoms with Crippen LogP contribution < -0.4 is 4.57 Å². The lowest BCUT2D eigenvalue weighted by Crippen LogP contribution is -2.33. The molecular weight excluding hydrogens is 256 g/mol. The Labute approximate surface area is 131 Å². The molecule has 0 saturated carbocycles. The van der Waals surface area contributed by atoms with Crippen LogP contribution in [0.15, 0.2) is 24.5 Å². The van der Waals surface area contributed by atoms with E-state index in [1.807, 2.05) is 0 Å². The van der Waals surface area contributed by atoms with Gasteiger partial charge in [-0.3, -0.25) is 0 Å². The molecule has 0 bridgehead atoms. The first-order valence-corrected chi connectivity index (χ1v) is 8.57. The SMILES string of the molecule is CCCCCCCCCC[n+]1cccc(CCC)c1.[C-]#N. The second kappa shape index (κ2) is 15.0. The summed E-state index contributed by atoms with van der Waals surface area (Å²) in [4.78, 5) is 0. The van der Waals surface area contributed by atoms with Crippen LogP contribution in [0, 0.1) is 11.8 Å². The Morgan fingerprint density at radius 1 is 0.905 bits per heavy atom. The molecule has 0 unspecified atom stereocenters. The third-order valence-corrected chi connectivity index (χ3v) is 3.73. The van der Waals surface area contributed by atoms with E-state index in [9.17, 15) is 0 Å². The van der Waals surface area contributed by atoms with E-state index < -0.39 is 0 Å². The van der Waals surface area contributed by atoms with Crippen molar-refractivity contribution in [1.29, 1.82) is 5.26 Å². The van der Waals surface area contributed by atoms with Gasteiger partial charge < -0.3 is 11.8 Å². The Balaban J connectivity index is 0.00000191. The Morgan fingerprint density at radius 2 is 1.52 bits per heavy atom. The lowest BCUT2D eigenvalue weighted by molar-refractivity contribution is -0.697. The molecule has 0 N–H and O–H groups in total. The number of nitrogens with zero attached hydrogens (tertiary/aromatic N) is 2. The molecule has 1 aromatic heterocycles. The van der Waals surface area contributed by atoms with Crippen LogP contribution in [-0.2, 0) is 13.0 Å². The summed E-state index contributed by atoms with van der Waals surface area (Å²) < 4.78 is 2.36. The topological polar surface area (TPSA) is 27.7 Å². The molecule has 0 aliphatic heterocycles. The summed E-state index contributed by atoms with van der Waals surface area (Å²) in [6.07, 6.45) is 18.2. The van der Waals surface area contributed by atoms with Gasteiger partial charge in [0, 0.05) is 18.1 Å². The van der Waals surface area contributed by atoms with Crippen LogP contribution in [0.4, 0.5) is 0 Å². The van der Waals surface area contributed by atoms with Gasteiger partial charge in [0.15, 0.2) is 12.4 Å². The predicted molar refractivity (Wildman–Crippen MR) is 88.2 cm³/mol. The third kappa shape index (κ3) is 11.0. The standard InChI is InChI=1S/C18H32N.CN/c1-3-5-6-7-8-9-10-11-15-19-16-12-14-18(17-19)13-4-2;1-2/h12,14,16-17H,3-11,13,15H2,1-2H3;/q+1;-1. The van der Waals surface area contributed by atoms with E-state index in [0.29, 0.717) is 0 Å². The fourth-order valence-corrected chi connectivity index (χ4v) is 2.58. The Bertz CT molecular complexity index is 358. The second-order valence-corrected chi connectivity index (χ2v) is 5.67. The summed E-state index contributed by atoms with van der Waals surface area (Å²) in [6.45, 7) is 10.5. The van der Waals surface area contributed by atoms with Gasteiger partial charge in [-0.2, -0.15) is 0 Å². The van der Waals surface area contributed by atoms with Gasteiger partial charge in [0.25, 0.3) is 0 Å². The fourth-order valence-electron chi connectivity index (χ4n) is 2.58. The van der Waals surface area contributed by atoms with Crippen LogP contribution in [0.3, 0.4) is 0 Å². The lowest BCUT2D eigenvalue weighted by Gasteiger charge is -2.01. The molecule has 1 heterocycles. The smallest absolute Gasteiger partial charge is 0.171 e. The maximum atomic E-state index is 6.25. The number of hydrogen-bond donors (Lipinski definition) is 0.